The van der Waals surface area contributed by atoms with Gasteiger partial charge >= 0.3 is 0 Å². The van der Waals surface area contributed by atoms with Crippen molar-refractivity contribution in [3.05, 3.63) is 0 Å². The van der Waals surface area contributed by atoms with Crippen LogP contribution in [0.1, 0.15) is 26.7 Å². The van der Waals surface area contributed by atoms with E-state index in [4.69, 9.17) is 5.73 Å². The number of hydrogen-bond donors (Lipinski definition) is 1. The van der Waals surface area contributed by atoms with E-state index in [1.807, 2.05) is 4.90 Å². The predicted molar refractivity (Wildman–Crippen MR) is 96.0 cm³/mol. The van der Waals surface area contributed by atoms with Gasteiger partial charge in [-0.1, -0.05) is 6.92 Å². The number of nitrogens with zero attached hydrogens (tertiary/aromatic N) is 3. The zero-order valence-corrected chi connectivity index (χ0v) is 15.5. The molecule has 2 N–H and O–H groups in total. The molecule has 2 saturated heterocycles. The second kappa shape index (κ2) is 10.7. The van der Waals surface area contributed by atoms with E-state index in [1.54, 1.807) is 0 Å². The minimum atomic E-state index is 0. The third kappa shape index (κ3) is 5.85. The van der Waals surface area contributed by atoms with E-state index in [-0.39, 0.29) is 24.8 Å². The van der Waals surface area contributed by atoms with E-state index in [2.05, 4.69) is 23.6 Å². The first-order chi connectivity index (χ1) is 9.63. The quantitative estimate of drug-likeness (QED) is 0.801. The van der Waals surface area contributed by atoms with Crippen molar-refractivity contribution in [3.8, 4) is 0 Å². The molecule has 2 rings (SSSR count). The topological polar surface area (TPSA) is 52.8 Å². The second-order valence-corrected chi connectivity index (χ2v) is 6.26. The number of hydrogen-bond acceptors (Lipinski definition) is 4. The van der Waals surface area contributed by atoms with Crippen LogP contribution in [-0.4, -0.2) is 79.0 Å². The van der Waals surface area contributed by atoms with Crippen molar-refractivity contribution in [2.75, 3.05) is 52.4 Å². The molecular formula is C15H32Cl2N4O. The molecule has 5 nitrogen and oxygen atoms in total. The maximum absolute atomic E-state index is 12.3. The summed E-state index contributed by atoms with van der Waals surface area (Å²) in [5, 5.41) is 0. The van der Waals surface area contributed by atoms with Gasteiger partial charge in [0.2, 0.25) is 5.91 Å². The van der Waals surface area contributed by atoms with Gasteiger partial charge in [0.05, 0.1) is 0 Å². The van der Waals surface area contributed by atoms with Gasteiger partial charge < -0.3 is 20.4 Å². The molecule has 0 aromatic heterocycles. The van der Waals surface area contributed by atoms with Crippen LogP contribution in [0.2, 0.25) is 0 Å². The van der Waals surface area contributed by atoms with Crippen molar-refractivity contribution in [2.24, 2.45) is 11.7 Å². The van der Waals surface area contributed by atoms with Crippen molar-refractivity contribution < 1.29 is 4.79 Å². The molecule has 0 radical (unpaired) electrons. The van der Waals surface area contributed by atoms with Gasteiger partial charge in [0, 0.05) is 51.7 Å². The van der Waals surface area contributed by atoms with Gasteiger partial charge in [-0.05, 0) is 32.4 Å². The Hall–Kier alpha value is -0.0700. The first kappa shape index (κ1) is 21.9. The average Bonchev–Trinajstić information content (AvgIpc) is 2.86. The molecule has 0 aromatic carbocycles. The van der Waals surface area contributed by atoms with Gasteiger partial charge in [-0.2, -0.15) is 0 Å². The molecule has 2 aliphatic heterocycles. The van der Waals surface area contributed by atoms with E-state index < -0.39 is 0 Å². The molecule has 0 saturated carbocycles. The monoisotopic (exact) mass is 354 g/mol. The number of carbonyl (C=O) groups excluding carboxylic acids is 1. The van der Waals surface area contributed by atoms with Crippen molar-refractivity contribution in [3.63, 3.8) is 0 Å². The SMILES string of the molecule is CCN1CCN(CCC(=O)N2CC(CN)CC2C)CC1.Cl.Cl. The molecule has 1 amide bonds. The highest BCUT2D eigenvalue weighted by atomic mass is 35.5. The number of amides is 1. The Labute approximate surface area is 147 Å². The minimum Gasteiger partial charge on any atom is -0.340 e. The predicted octanol–water partition coefficient (Wildman–Crippen LogP) is 1.05. The number of halogens is 2. The smallest absolute Gasteiger partial charge is 0.224 e. The van der Waals surface area contributed by atoms with Gasteiger partial charge in [0.15, 0.2) is 0 Å². The molecule has 2 fully saturated rings. The van der Waals surface area contributed by atoms with Gasteiger partial charge in [-0.15, -0.1) is 24.8 Å². The number of likely N-dealkylation sites (tertiary alicyclic amines) is 1. The Kier molecular flexibility index (Phi) is 10.6. The van der Waals surface area contributed by atoms with Crippen LogP contribution in [0.15, 0.2) is 0 Å². The highest BCUT2D eigenvalue weighted by Gasteiger charge is 2.31. The molecule has 0 aromatic rings. The van der Waals surface area contributed by atoms with Gasteiger partial charge in [-0.3, -0.25) is 4.79 Å². The number of nitrogens with two attached hydrogens (primary N) is 1. The maximum Gasteiger partial charge on any atom is 0.224 e. The Morgan fingerprint density at radius 2 is 1.73 bits per heavy atom. The fraction of sp³-hybridized carbons (Fsp3) is 0.933. The Morgan fingerprint density at radius 3 is 2.23 bits per heavy atom. The number of likely N-dealkylation sites (N-methyl/N-ethyl adjacent to an activating group) is 1. The lowest BCUT2D eigenvalue weighted by atomic mass is 10.1. The van der Waals surface area contributed by atoms with E-state index in [0.717, 1.165) is 52.2 Å². The molecule has 2 aliphatic rings. The summed E-state index contributed by atoms with van der Waals surface area (Å²) in [6.45, 7) is 12.4. The normalized spacial score (nSPS) is 26.4. The van der Waals surface area contributed by atoms with Crippen molar-refractivity contribution >= 4 is 30.7 Å². The first-order valence-electron chi connectivity index (χ1n) is 8.08. The lowest BCUT2D eigenvalue weighted by Crippen LogP contribution is -2.47. The van der Waals surface area contributed by atoms with Crippen LogP contribution in [0.4, 0.5) is 0 Å². The van der Waals surface area contributed by atoms with E-state index >= 15 is 0 Å². The van der Waals surface area contributed by atoms with Crippen LogP contribution in [0, 0.1) is 5.92 Å². The maximum atomic E-state index is 12.3. The molecule has 22 heavy (non-hydrogen) atoms. The van der Waals surface area contributed by atoms with Crippen molar-refractivity contribution in [1.29, 1.82) is 0 Å². The first-order valence-corrected chi connectivity index (χ1v) is 8.08. The zero-order chi connectivity index (χ0) is 14.5. The molecule has 7 heteroatoms. The number of piperazine rings is 1. The molecule has 0 spiro atoms. The van der Waals surface area contributed by atoms with E-state index in [1.165, 1.54) is 0 Å². The molecule has 132 valence electrons. The van der Waals surface area contributed by atoms with Crippen LogP contribution in [0.3, 0.4) is 0 Å². The molecule has 2 atom stereocenters. The van der Waals surface area contributed by atoms with Gasteiger partial charge in [-0.25, -0.2) is 0 Å². The summed E-state index contributed by atoms with van der Waals surface area (Å²) in [4.78, 5) is 19.3. The molecule has 2 heterocycles. The minimum absolute atomic E-state index is 0. The lowest BCUT2D eigenvalue weighted by molar-refractivity contribution is -0.132. The fourth-order valence-corrected chi connectivity index (χ4v) is 3.39. The summed E-state index contributed by atoms with van der Waals surface area (Å²) in [6, 6.07) is 0.369. The largest absolute Gasteiger partial charge is 0.340 e. The molecule has 0 bridgehead atoms. The third-order valence-electron chi connectivity index (χ3n) is 4.87. The van der Waals surface area contributed by atoms with Gasteiger partial charge in [0.1, 0.15) is 0 Å². The van der Waals surface area contributed by atoms with Crippen LogP contribution < -0.4 is 5.73 Å². The third-order valence-corrected chi connectivity index (χ3v) is 4.87. The highest BCUT2D eigenvalue weighted by Crippen LogP contribution is 2.22. The molecular weight excluding hydrogens is 323 g/mol. The average molecular weight is 355 g/mol. The summed E-state index contributed by atoms with van der Waals surface area (Å²) < 4.78 is 0. The number of rotatable bonds is 5. The second-order valence-electron chi connectivity index (χ2n) is 6.26. The van der Waals surface area contributed by atoms with Gasteiger partial charge in [0.25, 0.3) is 0 Å². The molecule has 2 unspecified atom stereocenters. The standard InChI is InChI=1S/C15H30N4O.2ClH/c1-3-17-6-8-18(9-7-17)5-4-15(20)19-12-14(11-16)10-13(19)2;;/h13-14H,3-12,16H2,1-2H3;2*1H. The Balaban J connectivity index is 0.00000220. The lowest BCUT2D eigenvalue weighted by Gasteiger charge is -2.34. The van der Waals surface area contributed by atoms with Crippen molar-refractivity contribution in [2.45, 2.75) is 32.7 Å². The Morgan fingerprint density at radius 1 is 1.14 bits per heavy atom. The van der Waals surface area contributed by atoms with Crippen LogP contribution in [-0.2, 0) is 4.79 Å². The Bertz CT molecular complexity index is 325. The zero-order valence-electron chi connectivity index (χ0n) is 13.9. The van der Waals surface area contributed by atoms with Crippen LogP contribution >= 0.6 is 24.8 Å². The summed E-state index contributed by atoms with van der Waals surface area (Å²) >= 11 is 0. The van der Waals surface area contributed by atoms with Crippen LogP contribution in [0.25, 0.3) is 0 Å². The van der Waals surface area contributed by atoms with Crippen molar-refractivity contribution in [1.82, 2.24) is 14.7 Å². The van der Waals surface area contributed by atoms with Crippen LogP contribution in [0.5, 0.6) is 0 Å². The summed E-state index contributed by atoms with van der Waals surface area (Å²) in [6.07, 6.45) is 1.73. The number of carbonyl (C=O) groups is 1. The highest BCUT2D eigenvalue weighted by molar-refractivity contribution is 5.85. The van der Waals surface area contributed by atoms with E-state index in [9.17, 15) is 4.79 Å². The summed E-state index contributed by atoms with van der Waals surface area (Å²) in [7, 11) is 0. The summed E-state index contributed by atoms with van der Waals surface area (Å²) in [5.74, 6) is 0.813. The summed E-state index contributed by atoms with van der Waals surface area (Å²) in [5.41, 5.74) is 5.72. The van der Waals surface area contributed by atoms with E-state index in [0.29, 0.717) is 30.8 Å². The fourth-order valence-electron chi connectivity index (χ4n) is 3.39. The molecule has 0 aliphatic carbocycles.